The predicted molar refractivity (Wildman–Crippen MR) is 85.2 cm³/mol. The predicted octanol–water partition coefficient (Wildman–Crippen LogP) is 3.30. The molecule has 2 aromatic carbocycles. The van der Waals surface area contributed by atoms with Crippen LogP contribution in [0, 0.1) is 6.92 Å². The van der Waals surface area contributed by atoms with Gasteiger partial charge in [0, 0.05) is 17.6 Å². The summed E-state index contributed by atoms with van der Waals surface area (Å²) in [7, 11) is -2.26. The van der Waals surface area contributed by atoms with Gasteiger partial charge in [0.05, 0.1) is 11.1 Å². The van der Waals surface area contributed by atoms with Crippen LogP contribution in [0.1, 0.15) is 11.1 Å². The lowest BCUT2D eigenvalue weighted by molar-refractivity contribution is 0.491. The zero-order valence-electron chi connectivity index (χ0n) is 11.7. The highest BCUT2D eigenvalue weighted by Gasteiger charge is 2.18. The zero-order valence-corrected chi connectivity index (χ0v) is 13.3. The summed E-state index contributed by atoms with van der Waals surface area (Å²) in [6.45, 7) is 1.90. The van der Waals surface area contributed by atoms with Gasteiger partial charge in [-0.05, 0) is 25.1 Å². The topological polar surface area (TPSA) is 49.7 Å². The van der Waals surface area contributed by atoms with Crippen molar-refractivity contribution in [2.45, 2.75) is 11.8 Å². The van der Waals surface area contributed by atoms with E-state index in [1.807, 2.05) is 13.0 Å². The molecule has 0 aliphatic carbocycles. The summed E-state index contributed by atoms with van der Waals surface area (Å²) in [4.78, 5) is 0.201. The van der Waals surface area contributed by atoms with Crippen LogP contribution in [-0.2, 0) is 10.0 Å². The third-order valence-corrected chi connectivity index (χ3v) is 4.93. The van der Waals surface area contributed by atoms with E-state index in [-0.39, 0.29) is 4.90 Å². The van der Waals surface area contributed by atoms with Crippen molar-refractivity contribution in [3.8, 4) is 0 Å². The molecule has 0 saturated carbocycles. The highest BCUT2D eigenvalue weighted by molar-refractivity contribution is 7.89. The van der Waals surface area contributed by atoms with E-state index >= 15 is 0 Å². The quantitative estimate of drug-likeness (QED) is 0.640. The average molecular weight is 323 g/mol. The molecule has 0 radical (unpaired) electrons. The Morgan fingerprint density at radius 1 is 1.10 bits per heavy atom. The van der Waals surface area contributed by atoms with Crippen molar-refractivity contribution in [1.29, 1.82) is 0 Å². The second-order valence-electron chi connectivity index (χ2n) is 4.52. The normalized spacial score (nSPS) is 11.8. The van der Waals surface area contributed by atoms with Gasteiger partial charge in [-0.3, -0.25) is 0 Å². The van der Waals surface area contributed by atoms with E-state index < -0.39 is 10.0 Å². The Bertz CT molecular complexity index is 755. The molecule has 2 rings (SSSR count). The Morgan fingerprint density at radius 3 is 2.33 bits per heavy atom. The number of aryl methyl sites for hydroxylation is 1. The molecule has 21 heavy (non-hydrogen) atoms. The molecule has 0 heterocycles. The van der Waals surface area contributed by atoms with Crippen LogP contribution in [0.3, 0.4) is 0 Å². The second-order valence-corrected chi connectivity index (χ2v) is 6.88. The van der Waals surface area contributed by atoms with Gasteiger partial charge >= 0.3 is 0 Å². The highest BCUT2D eigenvalue weighted by Crippen LogP contribution is 2.16. The Kier molecular flexibility index (Phi) is 4.65. The number of hydrogen-bond donors (Lipinski definition) is 0. The molecule has 0 fully saturated rings. The number of sulfonamides is 1. The highest BCUT2D eigenvalue weighted by atomic mass is 35.5. The van der Waals surface area contributed by atoms with Gasteiger partial charge in [-0.15, -0.1) is 0 Å². The van der Waals surface area contributed by atoms with Gasteiger partial charge < -0.3 is 0 Å². The Balaban J connectivity index is 2.25. The third-order valence-electron chi connectivity index (χ3n) is 2.93. The molecule has 0 aliphatic heterocycles. The number of rotatable bonds is 4. The molecular formula is C15H15ClN2O2S. The van der Waals surface area contributed by atoms with Crippen molar-refractivity contribution in [3.05, 3.63) is 64.7 Å². The van der Waals surface area contributed by atoms with Crippen LogP contribution < -0.4 is 0 Å². The molecule has 110 valence electrons. The van der Waals surface area contributed by atoms with Crippen molar-refractivity contribution in [3.63, 3.8) is 0 Å². The monoisotopic (exact) mass is 322 g/mol. The molecule has 0 bridgehead atoms. The Hall–Kier alpha value is -1.85. The maximum absolute atomic E-state index is 12.3. The zero-order chi connectivity index (χ0) is 15.5. The molecule has 0 N–H and O–H groups in total. The first-order valence-corrected chi connectivity index (χ1v) is 8.07. The second kappa shape index (κ2) is 6.28. The Morgan fingerprint density at radius 2 is 1.71 bits per heavy atom. The Labute approximate surface area is 129 Å². The van der Waals surface area contributed by atoms with Gasteiger partial charge in [-0.2, -0.15) is 17.9 Å². The summed E-state index contributed by atoms with van der Waals surface area (Å²) in [6.07, 6.45) is 1.42. The van der Waals surface area contributed by atoms with Gasteiger partial charge in [0.1, 0.15) is 0 Å². The molecule has 0 amide bonds. The van der Waals surface area contributed by atoms with Crippen LogP contribution >= 0.6 is 11.6 Å². The van der Waals surface area contributed by atoms with Crippen LogP contribution in [0.5, 0.6) is 0 Å². The summed E-state index contributed by atoms with van der Waals surface area (Å²) in [5.74, 6) is 0. The van der Waals surface area contributed by atoms with Crippen molar-refractivity contribution < 1.29 is 8.42 Å². The van der Waals surface area contributed by atoms with Crippen molar-refractivity contribution in [2.24, 2.45) is 5.10 Å². The molecular weight excluding hydrogens is 308 g/mol. The number of halogens is 1. The number of hydrogen-bond acceptors (Lipinski definition) is 3. The van der Waals surface area contributed by atoms with Gasteiger partial charge in [-0.1, -0.05) is 47.5 Å². The molecule has 4 nitrogen and oxygen atoms in total. The summed E-state index contributed by atoms with van der Waals surface area (Å²) in [6, 6.07) is 13.7. The lowest BCUT2D eigenvalue weighted by atomic mass is 10.2. The fourth-order valence-corrected chi connectivity index (χ4v) is 2.79. The number of nitrogens with zero attached hydrogens (tertiary/aromatic N) is 2. The van der Waals surface area contributed by atoms with E-state index in [4.69, 9.17) is 11.6 Å². The molecule has 0 atom stereocenters. The number of hydrazone groups is 1. The van der Waals surface area contributed by atoms with Crippen LogP contribution in [0.4, 0.5) is 0 Å². The van der Waals surface area contributed by atoms with Gasteiger partial charge in [0.15, 0.2) is 0 Å². The maximum Gasteiger partial charge on any atom is 0.278 e. The van der Waals surface area contributed by atoms with Crippen LogP contribution in [0.25, 0.3) is 0 Å². The van der Waals surface area contributed by atoms with E-state index in [2.05, 4.69) is 5.10 Å². The standard InChI is InChI=1S/C15H15ClN2O2S/c1-12-7-9-14(10-8-12)21(19,20)18(2)17-11-13-5-3-4-6-15(13)16/h3-11H,1-2H3. The lowest BCUT2D eigenvalue weighted by Crippen LogP contribution is -2.21. The SMILES string of the molecule is Cc1ccc(S(=O)(=O)N(C)N=Cc2ccccc2Cl)cc1. The smallest absolute Gasteiger partial charge is 0.200 e. The van der Waals surface area contributed by atoms with E-state index in [0.29, 0.717) is 10.6 Å². The molecule has 0 unspecified atom stereocenters. The van der Waals surface area contributed by atoms with Gasteiger partial charge in [0.2, 0.25) is 0 Å². The molecule has 0 aromatic heterocycles. The first-order chi connectivity index (χ1) is 9.91. The summed E-state index contributed by atoms with van der Waals surface area (Å²) >= 11 is 6.00. The van der Waals surface area contributed by atoms with Crippen molar-refractivity contribution in [1.82, 2.24) is 4.41 Å². The van der Waals surface area contributed by atoms with Crippen LogP contribution in [0.15, 0.2) is 58.5 Å². The largest absolute Gasteiger partial charge is 0.278 e. The van der Waals surface area contributed by atoms with Gasteiger partial charge in [0.25, 0.3) is 10.0 Å². The minimum atomic E-state index is -3.65. The van der Waals surface area contributed by atoms with Crippen molar-refractivity contribution >= 4 is 27.8 Å². The lowest BCUT2D eigenvalue weighted by Gasteiger charge is -2.13. The summed E-state index contributed by atoms with van der Waals surface area (Å²) in [5, 5.41) is 4.48. The minimum Gasteiger partial charge on any atom is -0.200 e. The van der Waals surface area contributed by atoms with Gasteiger partial charge in [-0.25, -0.2) is 0 Å². The average Bonchev–Trinajstić information content (AvgIpc) is 2.46. The first kappa shape index (κ1) is 15.5. The fourth-order valence-electron chi connectivity index (χ4n) is 1.65. The molecule has 0 spiro atoms. The molecule has 2 aromatic rings. The summed E-state index contributed by atoms with van der Waals surface area (Å²) < 4.78 is 25.6. The third kappa shape index (κ3) is 3.62. The van der Waals surface area contributed by atoms with E-state index in [0.717, 1.165) is 9.98 Å². The van der Waals surface area contributed by atoms with E-state index in [1.165, 1.54) is 13.3 Å². The fraction of sp³-hybridized carbons (Fsp3) is 0.133. The molecule has 6 heteroatoms. The van der Waals surface area contributed by atoms with E-state index in [9.17, 15) is 8.42 Å². The summed E-state index contributed by atoms with van der Waals surface area (Å²) in [5.41, 5.74) is 1.65. The first-order valence-electron chi connectivity index (χ1n) is 6.25. The van der Waals surface area contributed by atoms with E-state index in [1.54, 1.807) is 42.5 Å². The molecule has 0 saturated heterocycles. The van der Waals surface area contributed by atoms with Crippen LogP contribution in [-0.4, -0.2) is 26.1 Å². The minimum absolute atomic E-state index is 0.201. The molecule has 0 aliphatic rings. The maximum atomic E-state index is 12.3. The van der Waals surface area contributed by atoms with Crippen molar-refractivity contribution in [2.75, 3.05) is 7.05 Å². The van der Waals surface area contributed by atoms with Crippen LogP contribution in [0.2, 0.25) is 5.02 Å². The number of benzene rings is 2.